The molecule has 6 nitrogen and oxygen atoms in total. The largest absolute Gasteiger partial charge is 0.492 e. The Morgan fingerprint density at radius 1 is 1.29 bits per heavy atom. The quantitative estimate of drug-likeness (QED) is 0.647. The molecule has 3 aromatic rings. The van der Waals surface area contributed by atoms with Crippen LogP contribution in [0.25, 0.3) is 11.0 Å². The van der Waals surface area contributed by atoms with Gasteiger partial charge in [0.2, 0.25) is 0 Å². The van der Waals surface area contributed by atoms with Crippen LogP contribution in [0.1, 0.15) is 31.5 Å². The van der Waals surface area contributed by atoms with Crippen LogP contribution in [0.3, 0.4) is 0 Å². The number of rotatable bonds is 4. The molecule has 28 heavy (non-hydrogen) atoms. The van der Waals surface area contributed by atoms with Crippen LogP contribution in [0.4, 0.5) is 10.5 Å². The number of para-hydroxylation sites is 2. The standard InChI is InChI=1S/C21H23ClN4O2/c1-2-28-19-6-4-3-5-17(19)25-21(27)26-11-9-14(10-12-26)20-23-16-8-7-15(22)13-18(16)24-20/h3-8,13-14H,2,9-12H2,1H3,(H,23,24)(H,25,27). The minimum atomic E-state index is -0.0954. The topological polar surface area (TPSA) is 70.2 Å². The summed E-state index contributed by atoms with van der Waals surface area (Å²) in [6.45, 7) is 3.85. The van der Waals surface area contributed by atoms with Gasteiger partial charge < -0.3 is 19.9 Å². The first-order valence-corrected chi connectivity index (χ1v) is 9.94. The highest BCUT2D eigenvalue weighted by Gasteiger charge is 2.26. The normalized spacial score (nSPS) is 15.0. The molecule has 1 fully saturated rings. The fourth-order valence-electron chi connectivity index (χ4n) is 3.60. The number of anilines is 1. The molecule has 1 saturated heterocycles. The molecule has 0 unspecified atom stereocenters. The van der Waals surface area contributed by atoms with E-state index in [1.165, 1.54) is 0 Å². The van der Waals surface area contributed by atoms with Crippen LogP contribution in [0.2, 0.25) is 5.02 Å². The first-order valence-electron chi connectivity index (χ1n) is 9.57. The third-order valence-corrected chi connectivity index (χ3v) is 5.29. The molecule has 2 amide bonds. The first kappa shape index (κ1) is 18.6. The Labute approximate surface area is 168 Å². The van der Waals surface area contributed by atoms with Crippen molar-refractivity contribution in [3.8, 4) is 5.75 Å². The molecule has 2 heterocycles. The number of hydrogen-bond donors (Lipinski definition) is 2. The van der Waals surface area contributed by atoms with E-state index in [4.69, 9.17) is 21.3 Å². The number of halogens is 1. The Morgan fingerprint density at radius 2 is 2.07 bits per heavy atom. The number of amides is 2. The van der Waals surface area contributed by atoms with Crippen LogP contribution in [0.5, 0.6) is 5.75 Å². The summed E-state index contributed by atoms with van der Waals surface area (Å²) in [6.07, 6.45) is 1.74. The molecule has 1 aliphatic heterocycles. The highest BCUT2D eigenvalue weighted by Crippen LogP contribution is 2.29. The fraction of sp³-hybridized carbons (Fsp3) is 0.333. The highest BCUT2D eigenvalue weighted by molar-refractivity contribution is 6.31. The van der Waals surface area contributed by atoms with Crippen LogP contribution in [-0.2, 0) is 0 Å². The van der Waals surface area contributed by atoms with Gasteiger partial charge in [0.1, 0.15) is 11.6 Å². The molecule has 2 aromatic carbocycles. The molecule has 7 heteroatoms. The molecule has 1 aliphatic rings. The average Bonchev–Trinajstić information content (AvgIpc) is 3.13. The number of nitrogens with zero attached hydrogens (tertiary/aromatic N) is 2. The number of nitrogens with one attached hydrogen (secondary N) is 2. The van der Waals surface area contributed by atoms with Crippen molar-refractivity contribution in [1.29, 1.82) is 0 Å². The third-order valence-electron chi connectivity index (χ3n) is 5.06. The molecular formula is C21H23ClN4O2. The number of piperidine rings is 1. The second-order valence-corrected chi connectivity index (χ2v) is 7.34. The molecule has 1 aromatic heterocycles. The van der Waals surface area contributed by atoms with E-state index in [0.717, 1.165) is 29.7 Å². The van der Waals surface area contributed by atoms with E-state index in [1.807, 2.05) is 54.3 Å². The summed E-state index contributed by atoms with van der Waals surface area (Å²) in [7, 11) is 0. The van der Waals surface area contributed by atoms with Gasteiger partial charge in [-0.2, -0.15) is 0 Å². The van der Waals surface area contributed by atoms with Gasteiger partial charge in [0.15, 0.2) is 0 Å². The maximum atomic E-state index is 12.7. The summed E-state index contributed by atoms with van der Waals surface area (Å²) in [5, 5.41) is 3.67. The van der Waals surface area contributed by atoms with Crippen LogP contribution >= 0.6 is 11.6 Å². The lowest BCUT2D eigenvalue weighted by molar-refractivity contribution is 0.193. The van der Waals surface area contributed by atoms with Crippen molar-refractivity contribution in [3.05, 3.63) is 53.3 Å². The van der Waals surface area contributed by atoms with E-state index >= 15 is 0 Å². The van der Waals surface area contributed by atoms with Gasteiger partial charge in [-0.3, -0.25) is 0 Å². The molecule has 2 N–H and O–H groups in total. The Hall–Kier alpha value is -2.73. The maximum absolute atomic E-state index is 12.7. The lowest BCUT2D eigenvalue weighted by Crippen LogP contribution is -2.40. The van der Waals surface area contributed by atoms with Gasteiger partial charge in [0.25, 0.3) is 0 Å². The van der Waals surface area contributed by atoms with E-state index in [1.54, 1.807) is 0 Å². The van der Waals surface area contributed by atoms with Gasteiger partial charge in [-0.25, -0.2) is 9.78 Å². The predicted molar refractivity (Wildman–Crippen MR) is 111 cm³/mol. The molecule has 0 bridgehead atoms. The fourth-order valence-corrected chi connectivity index (χ4v) is 3.77. The Bertz CT molecular complexity index is 979. The number of urea groups is 1. The molecule has 4 rings (SSSR count). The molecule has 0 saturated carbocycles. The van der Waals surface area contributed by atoms with Gasteiger partial charge >= 0.3 is 6.03 Å². The number of fused-ring (bicyclic) bond motifs is 1. The van der Waals surface area contributed by atoms with Gasteiger partial charge in [-0.05, 0) is 50.1 Å². The Balaban J connectivity index is 1.39. The molecule has 0 aliphatic carbocycles. The number of imidazole rings is 1. The number of carbonyl (C=O) groups excluding carboxylic acids is 1. The van der Waals surface area contributed by atoms with Gasteiger partial charge in [0.05, 0.1) is 23.3 Å². The second-order valence-electron chi connectivity index (χ2n) is 6.90. The highest BCUT2D eigenvalue weighted by atomic mass is 35.5. The maximum Gasteiger partial charge on any atom is 0.321 e. The zero-order chi connectivity index (χ0) is 19.5. The predicted octanol–water partition coefficient (Wildman–Crippen LogP) is 5.03. The number of aromatic nitrogens is 2. The number of hydrogen-bond acceptors (Lipinski definition) is 3. The van der Waals surface area contributed by atoms with E-state index in [9.17, 15) is 4.79 Å². The van der Waals surface area contributed by atoms with Crippen molar-refractivity contribution >= 4 is 34.4 Å². The molecule has 0 spiro atoms. The van der Waals surface area contributed by atoms with Gasteiger partial charge in [0, 0.05) is 24.0 Å². The van der Waals surface area contributed by atoms with Crippen molar-refractivity contribution < 1.29 is 9.53 Å². The van der Waals surface area contributed by atoms with Crippen LogP contribution in [0.15, 0.2) is 42.5 Å². The first-order chi connectivity index (χ1) is 13.6. The molecule has 0 radical (unpaired) electrons. The summed E-state index contributed by atoms with van der Waals surface area (Å²) in [5.41, 5.74) is 2.58. The van der Waals surface area contributed by atoms with E-state index in [0.29, 0.717) is 42.1 Å². The van der Waals surface area contributed by atoms with E-state index in [-0.39, 0.29) is 6.03 Å². The van der Waals surface area contributed by atoms with Crippen LogP contribution < -0.4 is 10.1 Å². The second kappa shape index (κ2) is 8.10. The van der Waals surface area contributed by atoms with E-state index < -0.39 is 0 Å². The lowest BCUT2D eigenvalue weighted by atomic mass is 9.96. The SMILES string of the molecule is CCOc1ccccc1NC(=O)N1CCC(c2nc3ccc(Cl)cc3[nH]2)CC1. The summed E-state index contributed by atoms with van der Waals surface area (Å²) in [4.78, 5) is 22.6. The third kappa shape index (κ3) is 3.92. The Morgan fingerprint density at radius 3 is 2.86 bits per heavy atom. The van der Waals surface area contributed by atoms with Crippen molar-refractivity contribution in [2.24, 2.45) is 0 Å². The number of benzene rings is 2. The lowest BCUT2D eigenvalue weighted by Gasteiger charge is -2.31. The summed E-state index contributed by atoms with van der Waals surface area (Å²) in [6, 6.07) is 13.1. The molecule has 146 valence electrons. The molecule has 0 atom stereocenters. The Kier molecular flexibility index (Phi) is 5.39. The number of likely N-dealkylation sites (tertiary alicyclic amines) is 1. The minimum Gasteiger partial charge on any atom is -0.492 e. The smallest absolute Gasteiger partial charge is 0.321 e. The summed E-state index contributed by atoms with van der Waals surface area (Å²) >= 11 is 6.06. The van der Waals surface area contributed by atoms with Gasteiger partial charge in [-0.1, -0.05) is 23.7 Å². The van der Waals surface area contributed by atoms with Crippen molar-refractivity contribution in [1.82, 2.24) is 14.9 Å². The minimum absolute atomic E-state index is 0.0954. The van der Waals surface area contributed by atoms with Crippen LogP contribution in [0, 0.1) is 0 Å². The van der Waals surface area contributed by atoms with Crippen molar-refractivity contribution in [2.75, 3.05) is 25.0 Å². The number of aromatic amines is 1. The summed E-state index contributed by atoms with van der Waals surface area (Å²) < 4.78 is 5.58. The van der Waals surface area contributed by atoms with Crippen molar-refractivity contribution in [2.45, 2.75) is 25.7 Å². The van der Waals surface area contributed by atoms with Crippen molar-refractivity contribution in [3.63, 3.8) is 0 Å². The number of ether oxygens (including phenoxy) is 1. The number of carbonyl (C=O) groups is 1. The van der Waals surface area contributed by atoms with E-state index in [2.05, 4.69) is 10.3 Å². The zero-order valence-corrected chi connectivity index (χ0v) is 16.5. The van der Waals surface area contributed by atoms with Crippen LogP contribution in [-0.4, -0.2) is 40.6 Å². The summed E-state index contributed by atoms with van der Waals surface area (Å²) in [5.74, 6) is 1.97. The molecular weight excluding hydrogens is 376 g/mol. The zero-order valence-electron chi connectivity index (χ0n) is 15.7. The number of H-pyrrole nitrogens is 1. The van der Waals surface area contributed by atoms with Gasteiger partial charge in [-0.15, -0.1) is 0 Å². The monoisotopic (exact) mass is 398 g/mol. The average molecular weight is 399 g/mol.